The Balaban J connectivity index is 2.33. The van der Waals surface area contributed by atoms with E-state index in [1.165, 1.54) is 12.1 Å². The number of carbonyl (C=O) groups excluding carboxylic acids is 1. The molecule has 0 spiro atoms. The van der Waals surface area contributed by atoms with Crippen molar-refractivity contribution in [1.82, 2.24) is 5.32 Å². The van der Waals surface area contributed by atoms with E-state index in [4.69, 9.17) is 5.73 Å². The van der Waals surface area contributed by atoms with Crippen LogP contribution in [0.25, 0.3) is 0 Å². The van der Waals surface area contributed by atoms with Gasteiger partial charge in [0.05, 0.1) is 4.92 Å². The van der Waals surface area contributed by atoms with Crippen LogP contribution in [0.3, 0.4) is 0 Å². The molecular formula is C13H19N3O3. The van der Waals surface area contributed by atoms with Crippen LogP contribution in [0.5, 0.6) is 0 Å². The Kier molecular flexibility index (Phi) is 6.52. The summed E-state index contributed by atoms with van der Waals surface area (Å²) in [7, 11) is 0. The van der Waals surface area contributed by atoms with E-state index in [0.29, 0.717) is 19.5 Å². The number of unbranched alkanes of at least 4 members (excludes halogenated alkanes) is 2. The van der Waals surface area contributed by atoms with Crippen molar-refractivity contribution < 1.29 is 9.72 Å². The molecule has 6 heteroatoms. The number of hydrogen-bond donors (Lipinski definition) is 2. The monoisotopic (exact) mass is 265 g/mol. The third-order valence-corrected chi connectivity index (χ3v) is 2.72. The first-order valence-corrected chi connectivity index (χ1v) is 6.33. The topological polar surface area (TPSA) is 98.3 Å². The van der Waals surface area contributed by atoms with Crippen LogP contribution < -0.4 is 11.1 Å². The lowest BCUT2D eigenvalue weighted by Gasteiger charge is -2.05. The Morgan fingerprint density at radius 2 is 2.11 bits per heavy atom. The van der Waals surface area contributed by atoms with E-state index >= 15 is 0 Å². The molecule has 19 heavy (non-hydrogen) atoms. The second-order valence-electron chi connectivity index (χ2n) is 4.30. The van der Waals surface area contributed by atoms with Gasteiger partial charge in [-0.15, -0.1) is 0 Å². The molecule has 0 saturated carbocycles. The molecule has 1 rings (SSSR count). The Bertz CT molecular complexity index is 435. The molecule has 0 heterocycles. The number of nitrogens with zero attached hydrogens (tertiary/aromatic N) is 1. The highest BCUT2D eigenvalue weighted by Crippen LogP contribution is 2.12. The molecule has 0 fully saturated rings. The lowest BCUT2D eigenvalue weighted by Crippen LogP contribution is -2.22. The normalized spacial score (nSPS) is 10.2. The van der Waals surface area contributed by atoms with Gasteiger partial charge in [0.2, 0.25) is 5.91 Å². The molecule has 0 aliphatic carbocycles. The van der Waals surface area contributed by atoms with Gasteiger partial charge < -0.3 is 11.1 Å². The zero-order valence-corrected chi connectivity index (χ0v) is 10.8. The summed E-state index contributed by atoms with van der Waals surface area (Å²) in [5, 5.41) is 13.4. The van der Waals surface area contributed by atoms with Gasteiger partial charge in [0.15, 0.2) is 0 Å². The van der Waals surface area contributed by atoms with E-state index in [9.17, 15) is 14.9 Å². The molecule has 0 aliphatic rings. The average Bonchev–Trinajstić information content (AvgIpc) is 2.41. The maximum Gasteiger partial charge on any atom is 0.269 e. The van der Waals surface area contributed by atoms with Crippen molar-refractivity contribution in [2.24, 2.45) is 5.73 Å². The summed E-state index contributed by atoms with van der Waals surface area (Å²) >= 11 is 0. The Morgan fingerprint density at radius 1 is 1.32 bits per heavy atom. The molecule has 0 saturated heterocycles. The van der Waals surface area contributed by atoms with Crippen LogP contribution in [0.1, 0.15) is 31.2 Å². The standard InChI is InChI=1S/C13H19N3O3/c14-8-3-1-2-7-13(17)15-10-11-5-4-6-12(9-11)16(18)19/h4-6,9H,1-3,7-8,10,14H2,(H,15,17). The first-order chi connectivity index (χ1) is 9.13. The Labute approximate surface area is 112 Å². The van der Waals surface area contributed by atoms with Crippen molar-refractivity contribution in [2.75, 3.05) is 6.54 Å². The van der Waals surface area contributed by atoms with Crippen molar-refractivity contribution in [3.8, 4) is 0 Å². The SMILES string of the molecule is NCCCCCC(=O)NCc1cccc([N+](=O)[O-])c1. The molecule has 104 valence electrons. The van der Waals surface area contributed by atoms with Crippen molar-refractivity contribution >= 4 is 11.6 Å². The van der Waals surface area contributed by atoms with Crippen molar-refractivity contribution in [3.63, 3.8) is 0 Å². The molecule has 3 N–H and O–H groups in total. The van der Waals surface area contributed by atoms with Gasteiger partial charge in [-0.2, -0.15) is 0 Å². The van der Waals surface area contributed by atoms with Crippen LogP contribution in [-0.4, -0.2) is 17.4 Å². The fourth-order valence-corrected chi connectivity index (χ4v) is 1.68. The van der Waals surface area contributed by atoms with Gasteiger partial charge in [0.1, 0.15) is 0 Å². The summed E-state index contributed by atoms with van der Waals surface area (Å²) < 4.78 is 0. The maximum absolute atomic E-state index is 11.5. The third-order valence-electron chi connectivity index (χ3n) is 2.72. The lowest BCUT2D eigenvalue weighted by atomic mass is 10.1. The van der Waals surface area contributed by atoms with Crippen molar-refractivity contribution in [3.05, 3.63) is 39.9 Å². The minimum atomic E-state index is -0.446. The predicted octanol–water partition coefficient (Wildman–Crippen LogP) is 1.73. The lowest BCUT2D eigenvalue weighted by molar-refractivity contribution is -0.384. The summed E-state index contributed by atoms with van der Waals surface area (Å²) in [6.07, 6.45) is 3.16. The van der Waals surface area contributed by atoms with E-state index in [0.717, 1.165) is 24.8 Å². The number of nitrogens with one attached hydrogen (secondary N) is 1. The molecule has 0 unspecified atom stereocenters. The molecule has 0 aromatic heterocycles. The molecule has 0 bridgehead atoms. The second kappa shape index (κ2) is 8.20. The fourth-order valence-electron chi connectivity index (χ4n) is 1.68. The Hall–Kier alpha value is -1.95. The van der Waals surface area contributed by atoms with E-state index < -0.39 is 4.92 Å². The molecule has 1 aromatic carbocycles. The number of hydrogen-bond acceptors (Lipinski definition) is 4. The van der Waals surface area contributed by atoms with Gasteiger partial charge in [-0.1, -0.05) is 18.6 Å². The maximum atomic E-state index is 11.5. The minimum absolute atomic E-state index is 0.0368. The van der Waals surface area contributed by atoms with Crippen molar-refractivity contribution in [2.45, 2.75) is 32.2 Å². The average molecular weight is 265 g/mol. The van der Waals surface area contributed by atoms with Gasteiger partial charge in [-0.25, -0.2) is 0 Å². The van der Waals surface area contributed by atoms with Crippen LogP contribution in [0.2, 0.25) is 0 Å². The van der Waals surface area contributed by atoms with Crippen LogP contribution in [0, 0.1) is 10.1 Å². The largest absolute Gasteiger partial charge is 0.352 e. The van der Waals surface area contributed by atoms with Crippen LogP contribution in [0.4, 0.5) is 5.69 Å². The zero-order valence-electron chi connectivity index (χ0n) is 10.8. The highest BCUT2D eigenvalue weighted by atomic mass is 16.6. The van der Waals surface area contributed by atoms with Gasteiger partial charge in [0.25, 0.3) is 5.69 Å². The van der Waals surface area contributed by atoms with Crippen LogP contribution in [-0.2, 0) is 11.3 Å². The van der Waals surface area contributed by atoms with E-state index in [1.54, 1.807) is 12.1 Å². The van der Waals surface area contributed by atoms with Crippen LogP contribution in [0.15, 0.2) is 24.3 Å². The predicted molar refractivity (Wildman–Crippen MR) is 72.5 cm³/mol. The molecule has 6 nitrogen and oxygen atoms in total. The van der Waals surface area contributed by atoms with Crippen molar-refractivity contribution in [1.29, 1.82) is 0 Å². The molecule has 1 aromatic rings. The van der Waals surface area contributed by atoms with Crippen LogP contribution >= 0.6 is 0 Å². The number of carbonyl (C=O) groups is 1. The highest BCUT2D eigenvalue weighted by Gasteiger charge is 2.06. The molecule has 1 amide bonds. The molecular weight excluding hydrogens is 246 g/mol. The number of nitro groups is 1. The molecule has 0 atom stereocenters. The quantitative estimate of drug-likeness (QED) is 0.425. The summed E-state index contributed by atoms with van der Waals surface area (Å²) in [6.45, 7) is 0.965. The first kappa shape index (κ1) is 15.1. The Morgan fingerprint density at radius 3 is 2.79 bits per heavy atom. The fraction of sp³-hybridized carbons (Fsp3) is 0.462. The number of benzene rings is 1. The van der Waals surface area contributed by atoms with Gasteiger partial charge in [-0.3, -0.25) is 14.9 Å². The number of nitrogens with two attached hydrogens (primary N) is 1. The minimum Gasteiger partial charge on any atom is -0.352 e. The number of amides is 1. The van der Waals surface area contributed by atoms with Gasteiger partial charge in [0, 0.05) is 25.1 Å². The second-order valence-corrected chi connectivity index (χ2v) is 4.30. The van der Waals surface area contributed by atoms with E-state index in [-0.39, 0.29) is 11.6 Å². The summed E-state index contributed by atoms with van der Waals surface area (Å²) in [6, 6.07) is 6.26. The summed E-state index contributed by atoms with van der Waals surface area (Å²) in [5.41, 5.74) is 6.13. The molecule has 0 aliphatic heterocycles. The van der Waals surface area contributed by atoms with Gasteiger partial charge in [-0.05, 0) is 24.9 Å². The first-order valence-electron chi connectivity index (χ1n) is 6.33. The van der Waals surface area contributed by atoms with Gasteiger partial charge >= 0.3 is 0 Å². The number of nitro benzene ring substituents is 1. The summed E-state index contributed by atoms with van der Waals surface area (Å²) in [4.78, 5) is 21.7. The zero-order chi connectivity index (χ0) is 14.1. The van der Waals surface area contributed by atoms with E-state index in [2.05, 4.69) is 5.32 Å². The number of non-ortho nitro benzene ring substituents is 1. The number of rotatable bonds is 8. The smallest absolute Gasteiger partial charge is 0.269 e. The highest BCUT2D eigenvalue weighted by molar-refractivity contribution is 5.75. The third kappa shape index (κ3) is 5.96. The van der Waals surface area contributed by atoms with E-state index in [1.807, 2.05) is 0 Å². The molecule has 0 radical (unpaired) electrons. The summed E-state index contributed by atoms with van der Waals surface area (Å²) in [5.74, 6) is -0.0384.